The van der Waals surface area contributed by atoms with Crippen LogP contribution in [0.3, 0.4) is 0 Å². The van der Waals surface area contributed by atoms with Gasteiger partial charge in [-0.05, 0) is 32.1 Å². The topological polar surface area (TPSA) is 79.2 Å². The highest BCUT2D eigenvalue weighted by molar-refractivity contribution is 4.88. The molecular formula is C25H48O5. The lowest BCUT2D eigenvalue weighted by Gasteiger charge is -2.24. The van der Waals surface area contributed by atoms with Crippen molar-refractivity contribution in [2.24, 2.45) is 0 Å². The van der Waals surface area contributed by atoms with Crippen molar-refractivity contribution in [3.8, 4) is 0 Å². The van der Waals surface area contributed by atoms with E-state index in [1.165, 1.54) is 77.0 Å². The third-order valence-corrected chi connectivity index (χ3v) is 5.97. The standard InChI is InChI=1S/C25H48O5/c1-2-3-4-5-6-7-8-9-10-11-12-13-14-15-16-17-18-19-29-23(20-26)25-24(28)22(27)21-30-25/h14-15,22-28H,2-13,16-21H2,1H3/b15-14+/t22-,23+,24+,25+/m0/s1. The molecule has 0 aliphatic carbocycles. The fourth-order valence-electron chi connectivity index (χ4n) is 3.97. The molecule has 0 aromatic rings. The van der Waals surface area contributed by atoms with E-state index in [0.717, 1.165) is 19.3 Å². The number of aliphatic hydroxyl groups is 3. The van der Waals surface area contributed by atoms with Gasteiger partial charge in [-0.2, -0.15) is 0 Å². The van der Waals surface area contributed by atoms with E-state index in [1.807, 2.05) is 0 Å². The molecule has 178 valence electrons. The summed E-state index contributed by atoms with van der Waals surface area (Å²) in [5, 5.41) is 28.8. The molecule has 1 aliphatic rings. The number of rotatable bonds is 20. The number of aliphatic hydroxyl groups excluding tert-OH is 3. The zero-order chi connectivity index (χ0) is 21.9. The molecule has 0 saturated carbocycles. The van der Waals surface area contributed by atoms with Crippen LogP contribution in [0.2, 0.25) is 0 Å². The van der Waals surface area contributed by atoms with Gasteiger partial charge in [-0.1, -0.05) is 83.3 Å². The van der Waals surface area contributed by atoms with Crippen LogP contribution in [0.4, 0.5) is 0 Å². The van der Waals surface area contributed by atoms with Gasteiger partial charge < -0.3 is 24.8 Å². The highest BCUT2D eigenvalue weighted by Crippen LogP contribution is 2.20. The van der Waals surface area contributed by atoms with E-state index in [0.29, 0.717) is 6.61 Å². The molecule has 1 aliphatic heterocycles. The molecule has 3 N–H and O–H groups in total. The Morgan fingerprint density at radius 2 is 1.37 bits per heavy atom. The molecule has 1 fully saturated rings. The van der Waals surface area contributed by atoms with Crippen LogP contribution in [-0.2, 0) is 9.47 Å². The molecule has 30 heavy (non-hydrogen) atoms. The summed E-state index contributed by atoms with van der Waals surface area (Å²) >= 11 is 0. The predicted molar refractivity (Wildman–Crippen MR) is 123 cm³/mol. The van der Waals surface area contributed by atoms with E-state index in [4.69, 9.17) is 9.47 Å². The minimum absolute atomic E-state index is 0.0929. The van der Waals surface area contributed by atoms with E-state index in [9.17, 15) is 15.3 Å². The van der Waals surface area contributed by atoms with Gasteiger partial charge in [-0.25, -0.2) is 0 Å². The lowest BCUT2D eigenvalue weighted by molar-refractivity contribution is -0.101. The molecule has 0 aromatic heterocycles. The molecule has 1 heterocycles. The van der Waals surface area contributed by atoms with Crippen molar-refractivity contribution in [1.82, 2.24) is 0 Å². The van der Waals surface area contributed by atoms with Gasteiger partial charge in [0.1, 0.15) is 24.4 Å². The maximum absolute atomic E-state index is 9.84. The zero-order valence-electron chi connectivity index (χ0n) is 19.4. The fraction of sp³-hybridized carbons (Fsp3) is 0.920. The average molecular weight is 429 g/mol. The van der Waals surface area contributed by atoms with Crippen LogP contribution in [0, 0.1) is 0 Å². The van der Waals surface area contributed by atoms with Gasteiger partial charge >= 0.3 is 0 Å². The summed E-state index contributed by atoms with van der Waals surface area (Å²) in [5.74, 6) is 0. The predicted octanol–water partition coefficient (Wildman–Crippen LogP) is 4.91. The summed E-state index contributed by atoms with van der Waals surface area (Å²) in [4.78, 5) is 0. The summed E-state index contributed by atoms with van der Waals surface area (Å²) in [6.45, 7) is 2.68. The van der Waals surface area contributed by atoms with Crippen molar-refractivity contribution in [3.05, 3.63) is 12.2 Å². The SMILES string of the molecule is CCCCCCCCCCCCC/C=C/CCCCO[C@H](CO)[C@H]1OC[C@H](O)[C@H]1O. The Bertz CT molecular complexity index is 401. The molecule has 0 aromatic carbocycles. The maximum atomic E-state index is 9.84. The molecule has 0 unspecified atom stereocenters. The fourth-order valence-corrected chi connectivity index (χ4v) is 3.97. The monoisotopic (exact) mass is 428 g/mol. The van der Waals surface area contributed by atoms with Gasteiger partial charge in [0.2, 0.25) is 0 Å². The third-order valence-electron chi connectivity index (χ3n) is 5.97. The smallest absolute Gasteiger partial charge is 0.114 e. The van der Waals surface area contributed by atoms with Crippen molar-refractivity contribution in [3.63, 3.8) is 0 Å². The number of hydrogen-bond donors (Lipinski definition) is 3. The van der Waals surface area contributed by atoms with Gasteiger partial charge in [-0.3, -0.25) is 0 Å². The van der Waals surface area contributed by atoms with Crippen molar-refractivity contribution in [2.45, 2.75) is 128 Å². The van der Waals surface area contributed by atoms with Crippen LogP contribution in [0.1, 0.15) is 103 Å². The second kappa shape index (κ2) is 19.2. The Morgan fingerprint density at radius 3 is 1.87 bits per heavy atom. The Labute approximate surface area is 184 Å². The summed E-state index contributed by atoms with van der Waals surface area (Å²) in [5.41, 5.74) is 0. The third kappa shape index (κ3) is 13.1. The Morgan fingerprint density at radius 1 is 0.833 bits per heavy atom. The summed E-state index contributed by atoms with van der Waals surface area (Å²) < 4.78 is 11.0. The van der Waals surface area contributed by atoms with Gasteiger partial charge in [-0.15, -0.1) is 0 Å². The Kier molecular flexibility index (Phi) is 17.7. The minimum atomic E-state index is -0.986. The molecule has 0 bridgehead atoms. The number of unbranched alkanes of at least 4 members (excludes halogenated alkanes) is 13. The van der Waals surface area contributed by atoms with Crippen molar-refractivity contribution < 1.29 is 24.8 Å². The molecule has 4 atom stereocenters. The lowest BCUT2D eigenvalue weighted by atomic mass is 10.1. The van der Waals surface area contributed by atoms with Gasteiger partial charge in [0, 0.05) is 6.61 Å². The van der Waals surface area contributed by atoms with E-state index in [1.54, 1.807) is 0 Å². The second-order valence-corrected chi connectivity index (χ2v) is 8.74. The number of allylic oxidation sites excluding steroid dienone is 2. The molecule has 0 spiro atoms. The molecule has 0 amide bonds. The van der Waals surface area contributed by atoms with Gasteiger partial charge in [0.25, 0.3) is 0 Å². The van der Waals surface area contributed by atoms with E-state index < -0.39 is 24.4 Å². The van der Waals surface area contributed by atoms with Crippen LogP contribution < -0.4 is 0 Å². The largest absolute Gasteiger partial charge is 0.394 e. The van der Waals surface area contributed by atoms with Gasteiger partial charge in [0.15, 0.2) is 0 Å². The van der Waals surface area contributed by atoms with E-state index >= 15 is 0 Å². The summed E-state index contributed by atoms with van der Waals surface area (Å²) in [6.07, 6.45) is 20.9. The van der Waals surface area contributed by atoms with E-state index in [-0.39, 0.29) is 13.2 Å². The quantitative estimate of drug-likeness (QED) is 0.190. The molecule has 1 rings (SSSR count). The first kappa shape index (κ1) is 27.6. The second-order valence-electron chi connectivity index (χ2n) is 8.74. The first-order valence-corrected chi connectivity index (χ1v) is 12.6. The van der Waals surface area contributed by atoms with Crippen molar-refractivity contribution >= 4 is 0 Å². The molecule has 0 radical (unpaired) electrons. The first-order valence-electron chi connectivity index (χ1n) is 12.6. The Hall–Kier alpha value is -0.460. The molecular weight excluding hydrogens is 380 g/mol. The van der Waals surface area contributed by atoms with Crippen LogP contribution in [0.15, 0.2) is 12.2 Å². The lowest BCUT2D eigenvalue weighted by Crippen LogP contribution is -2.42. The van der Waals surface area contributed by atoms with Crippen LogP contribution in [0.5, 0.6) is 0 Å². The van der Waals surface area contributed by atoms with Crippen LogP contribution in [-0.4, -0.2) is 59.6 Å². The van der Waals surface area contributed by atoms with Crippen LogP contribution >= 0.6 is 0 Å². The van der Waals surface area contributed by atoms with Crippen molar-refractivity contribution in [2.75, 3.05) is 19.8 Å². The van der Waals surface area contributed by atoms with E-state index in [2.05, 4.69) is 19.1 Å². The average Bonchev–Trinajstić information content (AvgIpc) is 3.08. The molecule has 1 saturated heterocycles. The zero-order valence-corrected chi connectivity index (χ0v) is 19.4. The van der Waals surface area contributed by atoms with Crippen molar-refractivity contribution in [1.29, 1.82) is 0 Å². The van der Waals surface area contributed by atoms with Crippen LogP contribution in [0.25, 0.3) is 0 Å². The summed E-state index contributed by atoms with van der Waals surface area (Å²) in [7, 11) is 0. The molecule has 5 nitrogen and oxygen atoms in total. The number of hydrogen-bond acceptors (Lipinski definition) is 5. The molecule has 5 heteroatoms. The normalized spacial score (nSPS) is 22.9. The number of ether oxygens (including phenoxy) is 2. The minimum Gasteiger partial charge on any atom is -0.394 e. The highest BCUT2D eigenvalue weighted by Gasteiger charge is 2.40. The highest BCUT2D eigenvalue weighted by atomic mass is 16.6. The summed E-state index contributed by atoms with van der Waals surface area (Å²) in [6, 6.07) is 0. The van der Waals surface area contributed by atoms with Gasteiger partial charge in [0.05, 0.1) is 13.2 Å². The maximum Gasteiger partial charge on any atom is 0.114 e. The Balaban J connectivity index is 1.85. The first-order chi connectivity index (χ1) is 14.7.